The predicted molar refractivity (Wildman–Crippen MR) is 56.5 cm³/mol. The molecule has 0 amide bonds. The molecule has 1 rings (SSSR count). The van der Waals surface area contributed by atoms with Crippen LogP contribution in [0.1, 0.15) is 10.4 Å². The second kappa shape index (κ2) is 6.10. The van der Waals surface area contributed by atoms with Crippen LogP contribution < -0.4 is 9.47 Å². The monoisotopic (exact) mass is 318 g/mol. The van der Waals surface area contributed by atoms with Crippen molar-refractivity contribution in [3.05, 3.63) is 23.8 Å². The summed E-state index contributed by atoms with van der Waals surface area (Å²) in [6, 6.07) is 2.33. The predicted octanol–water partition coefficient (Wildman–Crippen LogP) is 3.27. The molecule has 0 radical (unpaired) electrons. The van der Waals surface area contributed by atoms with Crippen molar-refractivity contribution < 1.29 is 45.7 Å². The number of halogens is 6. The van der Waals surface area contributed by atoms with Crippen LogP contribution in [-0.4, -0.2) is 36.6 Å². The van der Waals surface area contributed by atoms with Crippen LogP contribution >= 0.6 is 0 Å². The summed E-state index contributed by atoms with van der Waals surface area (Å²) < 4.78 is 80.5. The highest BCUT2D eigenvalue weighted by atomic mass is 19.4. The smallest absolute Gasteiger partial charge is 0.422 e. The van der Waals surface area contributed by atoms with Crippen LogP contribution in [0.3, 0.4) is 0 Å². The number of benzene rings is 1. The zero-order valence-electron chi connectivity index (χ0n) is 10.1. The lowest BCUT2D eigenvalue weighted by Crippen LogP contribution is -2.21. The lowest BCUT2D eigenvalue weighted by Gasteiger charge is -2.14. The summed E-state index contributed by atoms with van der Waals surface area (Å²) in [6.07, 6.45) is -9.36. The van der Waals surface area contributed by atoms with Gasteiger partial charge in [0.05, 0.1) is 0 Å². The minimum Gasteiger partial charge on any atom is -0.484 e. The number of alkyl halides is 6. The van der Waals surface area contributed by atoms with E-state index in [4.69, 9.17) is 5.11 Å². The van der Waals surface area contributed by atoms with Gasteiger partial charge in [0.15, 0.2) is 13.2 Å². The molecule has 0 saturated heterocycles. The Labute approximate surface area is 113 Å². The number of carbonyl (C=O) groups is 1. The highest BCUT2D eigenvalue weighted by Crippen LogP contribution is 2.28. The molecule has 0 saturated carbocycles. The molecule has 0 aliphatic heterocycles. The molecule has 0 aliphatic carbocycles. The van der Waals surface area contributed by atoms with Gasteiger partial charge in [0.1, 0.15) is 17.1 Å². The second-order valence-corrected chi connectivity index (χ2v) is 3.77. The van der Waals surface area contributed by atoms with Gasteiger partial charge in [0, 0.05) is 6.07 Å². The Hall–Kier alpha value is -2.13. The first kappa shape index (κ1) is 16.9. The van der Waals surface area contributed by atoms with Crippen molar-refractivity contribution >= 4 is 5.97 Å². The first-order valence-electron chi connectivity index (χ1n) is 5.24. The van der Waals surface area contributed by atoms with Gasteiger partial charge >= 0.3 is 18.3 Å². The van der Waals surface area contributed by atoms with Crippen LogP contribution in [0.25, 0.3) is 0 Å². The number of carboxylic acid groups (broad SMARTS) is 1. The molecule has 1 N–H and O–H groups in total. The number of hydrogen-bond donors (Lipinski definition) is 1. The van der Waals surface area contributed by atoms with Crippen LogP contribution in [-0.2, 0) is 0 Å². The van der Waals surface area contributed by atoms with E-state index in [0.29, 0.717) is 6.07 Å². The van der Waals surface area contributed by atoms with E-state index < -0.39 is 48.6 Å². The van der Waals surface area contributed by atoms with Crippen molar-refractivity contribution in [1.29, 1.82) is 0 Å². The van der Waals surface area contributed by atoms with Gasteiger partial charge in [-0.25, -0.2) is 4.79 Å². The lowest BCUT2D eigenvalue weighted by molar-refractivity contribution is -0.154. The number of ether oxygens (including phenoxy) is 2. The van der Waals surface area contributed by atoms with E-state index in [0.717, 1.165) is 12.1 Å². The van der Waals surface area contributed by atoms with Gasteiger partial charge in [0.2, 0.25) is 0 Å². The molecular formula is C11H8F6O4. The topological polar surface area (TPSA) is 55.8 Å². The number of aromatic carboxylic acids is 1. The molecule has 0 aromatic heterocycles. The summed E-state index contributed by atoms with van der Waals surface area (Å²) in [5.41, 5.74) is -0.626. The third-order valence-electron chi connectivity index (χ3n) is 1.98. The van der Waals surface area contributed by atoms with Gasteiger partial charge in [-0.2, -0.15) is 26.3 Å². The summed E-state index contributed by atoms with van der Waals surface area (Å²) >= 11 is 0. The third-order valence-corrected chi connectivity index (χ3v) is 1.98. The van der Waals surface area contributed by atoms with Crippen LogP contribution in [0, 0.1) is 0 Å². The molecule has 0 atom stereocenters. The van der Waals surface area contributed by atoms with E-state index in [9.17, 15) is 31.1 Å². The van der Waals surface area contributed by atoms with E-state index in [1.54, 1.807) is 0 Å². The Morgan fingerprint density at radius 3 is 2.00 bits per heavy atom. The van der Waals surface area contributed by atoms with Gasteiger partial charge in [-0.1, -0.05) is 0 Å². The third kappa shape index (κ3) is 6.23. The zero-order valence-corrected chi connectivity index (χ0v) is 10.1. The van der Waals surface area contributed by atoms with E-state index in [2.05, 4.69) is 9.47 Å². The van der Waals surface area contributed by atoms with E-state index in [1.807, 2.05) is 0 Å². The second-order valence-electron chi connectivity index (χ2n) is 3.77. The lowest BCUT2D eigenvalue weighted by atomic mass is 10.2. The number of rotatable bonds is 5. The van der Waals surface area contributed by atoms with Gasteiger partial charge in [-0.3, -0.25) is 0 Å². The normalized spacial score (nSPS) is 12.1. The van der Waals surface area contributed by atoms with Crippen molar-refractivity contribution in [2.24, 2.45) is 0 Å². The van der Waals surface area contributed by atoms with Gasteiger partial charge in [0.25, 0.3) is 0 Å². The summed E-state index contributed by atoms with van der Waals surface area (Å²) in [7, 11) is 0. The maximum Gasteiger partial charge on any atom is 0.422 e. The Bertz CT molecular complexity index is 508. The van der Waals surface area contributed by atoms with Crippen LogP contribution in [0.4, 0.5) is 26.3 Å². The minimum absolute atomic E-state index is 0.463. The molecule has 0 aliphatic rings. The Morgan fingerprint density at radius 2 is 1.52 bits per heavy atom. The molecule has 0 unspecified atom stereocenters. The van der Waals surface area contributed by atoms with Crippen molar-refractivity contribution in [3.8, 4) is 11.5 Å². The fourth-order valence-electron chi connectivity index (χ4n) is 1.21. The van der Waals surface area contributed by atoms with Crippen molar-refractivity contribution in [1.82, 2.24) is 0 Å². The highest BCUT2D eigenvalue weighted by molar-refractivity contribution is 5.91. The average Bonchev–Trinajstić information content (AvgIpc) is 2.32. The molecule has 4 nitrogen and oxygen atoms in total. The largest absolute Gasteiger partial charge is 0.484 e. The Balaban J connectivity index is 2.93. The molecule has 0 fully saturated rings. The molecule has 21 heavy (non-hydrogen) atoms. The summed E-state index contributed by atoms with van der Waals surface area (Å²) in [5, 5.41) is 8.76. The zero-order chi connectivity index (χ0) is 16.3. The minimum atomic E-state index is -4.72. The van der Waals surface area contributed by atoms with Gasteiger partial charge in [-0.15, -0.1) is 0 Å². The first-order valence-corrected chi connectivity index (χ1v) is 5.24. The summed E-state index contributed by atoms with van der Waals surface area (Å²) in [5.74, 6) is -2.79. The van der Waals surface area contributed by atoms with Crippen LogP contribution in [0.2, 0.25) is 0 Å². The fourth-order valence-corrected chi connectivity index (χ4v) is 1.21. The molecule has 0 spiro atoms. The SMILES string of the molecule is O=C(O)c1ccc(OCC(F)(F)F)cc1OCC(F)(F)F. The molecule has 1 aromatic carbocycles. The maximum absolute atomic E-state index is 12.0. The maximum atomic E-state index is 12.0. The van der Waals surface area contributed by atoms with Crippen molar-refractivity contribution in [2.75, 3.05) is 13.2 Å². The molecule has 10 heteroatoms. The first-order chi connectivity index (χ1) is 9.48. The molecule has 118 valence electrons. The molecular weight excluding hydrogens is 310 g/mol. The fraction of sp³-hybridized carbons (Fsp3) is 0.364. The highest BCUT2D eigenvalue weighted by Gasteiger charge is 2.30. The summed E-state index contributed by atoms with van der Waals surface area (Å²) in [4.78, 5) is 10.8. The van der Waals surface area contributed by atoms with E-state index >= 15 is 0 Å². The Morgan fingerprint density at radius 1 is 1.00 bits per heavy atom. The van der Waals surface area contributed by atoms with Crippen LogP contribution in [0.15, 0.2) is 18.2 Å². The van der Waals surface area contributed by atoms with E-state index in [-0.39, 0.29) is 0 Å². The van der Waals surface area contributed by atoms with Crippen molar-refractivity contribution in [3.63, 3.8) is 0 Å². The standard InChI is InChI=1S/C11H8F6O4/c12-10(13,14)4-20-6-1-2-7(9(18)19)8(3-6)21-5-11(15,16)17/h1-3H,4-5H2,(H,18,19). The van der Waals surface area contributed by atoms with Crippen LogP contribution in [0.5, 0.6) is 11.5 Å². The van der Waals surface area contributed by atoms with Gasteiger partial charge in [-0.05, 0) is 12.1 Å². The number of carboxylic acids is 1. The Kier molecular flexibility index (Phi) is 4.92. The molecule has 0 heterocycles. The average molecular weight is 318 g/mol. The van der Waals surface area contributed by atoms with Crippen molar-refractivity contribution in [2.45, 2.75) is 12.4 Å². The summed E-state index contributed by atoms with van der Waals surface area (Å²) in [6.45, 7) is -3.45. The van der Waals surface area contributed by atoms with E-state index in [1.165, 1.54) is 0 Å². The number of hydrogen-bond acceptors (Lipinski definition) is 3. The van der Waals surface area contributed by atoms with Gasteiger partial charge < -0.3 is 14.6 Å². The molecule has 0 bridgehead atoms. The quantitative estimate of drug-likeness (QED) is 0.847. The molecule has 1 aromatic rings.